The van der Waals surface area contributed by atoms with E-state index in [4.69, 9.17) is 0 Å². The van der Waals surface area contributed by atoms with Gasteiger partial charge in [-0.3, -0.25) is 0 Å². The van der Waals surface area contributed by atoms with E-state index in [-0.39, 0.29) is 0 Å². The van der Waals surface area contributed by atoms with Gasteiger partial charge in [0.15, 0.2) is 0 Å². The Labute approximate surface area is 573 Å². The Morgan fingerprint density at radius 1 is 0.146 bits per heavy atom. The molecule has 0 radical (unpaired) electrons. The van der Waals surface area contributed by atoms with Crippen molar-refractivity contribution in [2.75, 3.05) is 21.3 Å². The highest BCUT2D eigenvalue weighted by molar-refractivity contribution is 7.27. The molecule has 0 atom stereocenters. The number of hydrogen-bond donors (Lipinski definition) is 4. The van der Waals surface area contributed by atoms with Crippen molar-refractivity contribution in [3.8, 4) is 22.3 Å². The van der Waals surface area contributed by atoms with Crippen LogP contribution in [-0.4, -0.2) is 0 Å². The summed E-state index contributed by atoms with van der Waals surface area (Å²) >= 11 is 7.39. The van der Waals surface area contributed by atoms with Crippen LogP contribution in [0.2, 0.25) is 0 Å². The van der Waals surface area contributed by atoms with Crippen LogP contribution in [0, 0.1) is 0 Å². The van der Waals surface area contributed by atoms with Crippen LogP contribution in [0.3, 0.4) is 0 Å². The molecule has 0 fully saturated rings. The van der Waals surface area contributed by atoms with Crippen molar-refractivity contribution >= 4 is 182 Å². The first-order valence-corrected chi connectivity index (χ1v) is 35.4. The van der Waals surface area contributed by atoms with E-state index in [0.29, 0.717) is 0 Å². The first-order valence-electron chi connectivity index (χ1n) is 32.1. The molecule has 96 heavy (non-hydrogen) atoms. The third-order valence-corrected chi connectivity index (χ3v) is 21.8. The maximum atomic E-state index is 3.55. The molecule has 0 bridgehead atoms. The molecule has 0 amide bonds. The van der Waals surface area contributed by atoms with Gasteiger partial charge in [-0.05, 0) is 173 Å². The molecule has 4 heterocycles. The molecule has 0 saturated carbocycles. The zero-order valence-corrected chi connectivity index (χ0v) is 55.4. The summed E-state index contributed by atoms with van der Waals surface area (Å²) in [6.45, 7) is 0. The number of rotatable bonds is 10. The molecule has 4 nitrogen and oxygen atoms in total. The van der Waals surface area contributed by atoms with Crippen LogP contribution in [-0.2, 0) is 0 Å². The van der Waals surface area contributed by atoms with Gasteiger partial charge in [0.05, 0.1) is 0 Å². The summed E-state index contributed by atoms with van der Waals surface area (Å²) in [5.41, 5.74) is 13.9. The van der Waals surface area contributed by atoms with Crippen LogP contribution in [0.15, 0.2) is 352 Å². The fourth-order valence-electron chi connectivity index (χ4n) is 12.4. The summed E-state index contributed by atoms with van der Waals surface area (Å²) in [5, 5.41) is 27.2. The van der Waals surface area contributed by atoms with Crippen molar-refractivity contribution in [3.05, 3.63) is 352 Å². The first kappa shape index (κ1) is 59.6. The number of nitrogens with one attached hydrogen (secondary N) is 4. The maximum Gasteiger partial charge on any atom is 0.0398 e. The van der Waals surface area contributed by atoms with Gasteiger partial charge in [-0.25, -0.2) is 0 Å². The Morgan fingerprint density at radius 3 is 0.865 bits per heavy atom. The Hall–Kier alpha value is -11.4. The summed E-state index contributed by atoms with van der Waals surface area (Å²) in [7, 11) is 0. The van der Waals surface area contributed by atoms with Gasteiger partial charge in [-0.2, -0.15) is 0 Å². The van der Waals surface area contributed by atoms with E-state index in [9.17, 15) is 0 Å². The van der Waals surface area contributed by atoms with E-state index >= 15 is 0 Å². The van der Waals surface area contributed by atoms with Crippen molar-refractivity contribution in [2.45, 2.75) is 0 Å². The van der Waals surface area contributed by atoms with Crippen molar-refractivity contribution in [3.63, 3.8) is 0 Å². The molecule has 0 unspecified atom stereocenters. The van der Waals surface area contributed by atoms with Crippen LogP contribution in [0.25, 0.3) is 114 Å². The van der Waals surface area contributed by atoms with Gasteiger partial charge in [0.2, 0.25) is 0 Å². The van der Waals surface area contributed by atoms with Crippen LogP contribution in [0.4, 0.5) is 45.5 Å². The highest BCUT2D eigenvalue weighted by Gasteiger charge is 2.11. The van der Waals surface area contributed by atoms with Gasteiger partial charge in [0.25, 0.3) is 0 Å². The Kier molecular flexibility index (Phi) is 17.0. The second-order valence-electron chi connectivity index (χ2n) is 23.6. The standard InChI is InChI=1S/2C24H17NS.C22H15NS.C18H13NS/c1-2-6-17(7-3-1)18-10-12-19(13-11-18)25-20-14-15-24-22(16-20)21-8-4-5-9-23(21)26-24;1-2-6-17(7-3-1)18-10-12-19(13-11-18)25-20-14-15-22-21-8-4-5-9-23(21)26-24(22)16-20;1-2-6-16-13-17(10-9-15(16)5-1)23-18-11-12-22-20(14-18)19-7-3-4-8-21(19)24-22;1-2-6-13(7-3-1)19-14-10-11-18-16(12-14)15-8-4-5-9-17(15)20-18/h2*1-16,25H;1-14,23H;1-12,19H. The summed E-state index contributed by atoms with van der Waals surface area (Å²) in [5.74, 6) is 0. The molecule has 15 aromatic carbocycles. The van der Waals surface area contributed by atoms with Crippen LogP contribution in [0.5, 0.6) is 0 Å². The SMILES string of the molecule is c1ccc(-c2ccc(Nc3ccc4c(c3)sc3ccccc34)cc2)cc1.c1ccc(-c2ccc(Nc3ccc4sc5ccccc5c4c3)cc2)cc1.c1ccc(Nc2ccc3sc4ccccc4c3c2)cc1.c1ccc2cc(Nc3ccc4sc5ccccc5c4c3)ccc2c1. The Balaban J connectivity index is 0.000000101. The molecule has 19 aromatic rings. The lowest BCUT2D eigenvalue weighted by molar-refractivity contribution is 1.56. The summed E-state index contributed by atoms with van der Waals surface area (Å²) in [6, 6.07) is 124. The minimum Gasteiger partial charge on any atom is -0.356 e. The molecule has 0 aliphatic heterocycles. The molecule has 0 saturated heterocycles. The number of para-hydroxylation sites is 1. The first-order chi connectivity index (χ1) is 47.5. The van der Waals surface area contributed by atoms with Gasteiger partial charge >= 0.3 is 0 Å². The summed E-state index contributed by atoms with van der Waals surface area (Å²) in [4.78, 5) is 0. The summed E-state index contributed by atoms with van der Waals surface area (Å²) in [6.07, 6.45) is 0. The second-order valence-corrected chi connectivity index (χ2v) is 27.9. The van der Waals surface area contributed by atoms with Crippen molar-refractivity contribution < 1.29 is 0 Å². The Bertz CT molecular complexity index is 5890. The molecule has 0 aliphatic carbocycles. The molecule has 458 valence electrons. The van der Waals surface area contributed by atoms with Gasteiger partial charge in [-0.15, -0.1) is 45.3 Å². The average molecular weight is 1300 g/mol. The number of fused-ring (bicyclic) bond motifs is 13. The largest absolute Gasteiger partial charge is 0.356 e. The average Bonchev–Trinajstić information content (AvgIpc) is 1.67. The molecular weight excluding hydrogens is 1240 g/mol. The minimum absolute atomic E-state index is 1.10. The van der Waals surface area contributed by atoms with Crippen molar-refractivity contribution in [1.82, 2.24) is 0 Å². The normalized spacial score (nSPS) is 11.1. The van der Waals surface area contributed by atoms with E-state index < -0.39 is 0 Å². The highest BCUT2D eigenvalue weighted by Crippen LogP contribution is 2.40. The molecular formula is C88H62N4S4. The van der Waals surface area contributed by atoms with Gasteiger partial charge < -0.3 is 21.3 Å². The lowest BCUT2D eigenvalue weighted by Gasteiger charge is -2.08. The number of anilines is 8. The predicted molar refractivity (Wildman–Crippen MR) is 425 cm³/mol. The van der Waals surface area contributed by atoms with Gasteiger partial charge in [0.1, 0.15) is 0 Å². The smallest absolute Gasteiger partial charge is 0.0398 e. The van der Waals surface area contributed by atoms with Crippen LogP contribution >= 0.6 is 45.3 Å². The second kappa shape index (κ2) is 27.3. The minimum atomic E-state index is 1.10. The highest BCUT2D eigenvalue weighted by atomic mass is 32.1. The number of thiophene rings is 4. The molecule has 19 rings (SSSR count). The summed E-state index contributed by atoms with van der Waals surface area (Å²) < 4.78 is 10.7. The van der Waals surface area contributed by atoms with Gasteiger partial charge in [-0.1, -0.05) is 212 Å². The Morgan fingerprint density at radius 2 is 0.417 bits per heavy atom. The zero-order chi connectivity index (χ0) is 64.0. The lowest BCUT2D eigenvalue weighted by atomic mass is 10.1. The third-order valence-electron chi connectivity index (χ3n) is 17.2. The van der Waals surface area contributed by atoms with E-state index in [2.05, 4.69) is 343 Å². The van der Waals surface area contributed by atoms with E-state index in [1.165, 1.54) is 114 Å². The molecule has 0 aliphatic rings. The van der Waals surface area contributed by atoms with Crippen LogP contribution in [0.1, 0.15) is 0 Å². The van der Waals surface area contributed by atoms with Gasteiger partial charge in [0, 0.05) is 126 Å². The fraction of sp³-hybridized carbons (Fsp3) is 0. The number of benzene rings is 15. The van der Waals surface area contributed by atoms with Crippen molar-refractivity contribution in [2.24, 2.45) is 0 Å². The van der Waals surface area contributed by atoms with Crippen molar-refractivity contribution in [1.29, 1.82) is 0 Å². The number of hydrogen-bond acceptors (Lipinski definition) is 8. The van der Waals surface area contributed by atoms with E-state index in [0.717, 1.165) is 45.5 Å². The predicted octanol–water partition coefficient (Wildman–Crippen LogP) is 27.7. The van der Waals surface area contributed by atoms with Crippen LogP contribution < -0.4 is 21.3 Å². The topological polar surface area (TPSA) is 48.1 Å². The molecule has 8 heteroatoms. The maximum absolute atomic E-state index is 3.55. The third kappa shape index (κ3) is 13.2. The molecule has 4 N–H and O–H groups in total. The molecule has 0 spiro atoms. The zero-order valence-electron chi connectivity index (χ0n) is 52.1. The quantitative estimate of drug-likeness (QED) is 0.110. The fourth-order valence-corrected chi connectivity index (χ4v) is 16.8. The molecule has 4 aromatic heterocycles. The monoisotopic (exact) mass is 1300 g/mol. The lowest BCUT2D eigenvalue weighted by Crippen LogP contribution is -1.89. The van der Waals surface area contributed by atoms with E-state index in [1.807, 2.05) is 75.7 Å². The van der Waals surface area contributed by atoms with E-state index in [1.54, 1.807) is 0 Å².